The van der Waals surface area contributed by atoms with Gasteiger partial charge in [-0.1, -0.05) is 67.6 Å². The minimum Gasteiger partial charge on any atom is -0.284 e. The Hall–Kier alpha value is -2.85. The van der Waals surface area contributed by atoms with Crippen LogP contribution in [0.1, 0.15) is 41.2 Å². The first-order valence-corrected chi connectivity index (χ1v) is 11.7. The summed E-state index contributed by atoms with van der Waals surface area (Å²) in [5, 5.41) is 0. The highest BCUT2D eigenvalue weighted by Crippen LogP contribution is 2.35. The number of anilines is 1. The molecule has 0 heterocycles. The second kappa shape index (κ2) is 8.26. The monoisotopic (exact) mass is 403 g/mol. The molecule has 0 spiro atoms. The maximum atomic E-state index is 12.1. The predicted octanol–water partition coefficient (Wildman–Crippen LogP) is 5.53. The van der Waals surface area contributed by atoms with Gasteiger partial charge in [0.1, 0.15) is 0 Å². The maximum absolute atomic E-state index is 12.1. The fourth-order valence-electron chi connectivity index (χ4n) is 3.93. The molecule has 3 aromatic rings. The van der Waals surface area contributed by atoms with E-state index in [4.69, 9.17) is 0 Å². The second-order valence-corrected chi connectivity index (χ2v) is 9.26. The maximum Gasteiger partial charge on any atom is 0.232 e. The van der Waals surface area contributed by atoms with E-state index in [-0.39, 0.29) is 5.75 Å². The molecule has 0 aromatic heterocycles. The van der Waals surface area contributed by atoms with Gasteiger partial charge in [0.15, 0.2) is 0 Å². The Balaban J connectivity index is 1.80. The quantitative estimate of drug-likeness (QED) is 0.609. The SMILES string of the molecule is CCCS(=O)(=O)Nc1cccc(C=C2c3ccccc3CCc3ccccc32)c1. The van der Waals surface area contributed by atoms with E-state index in [2.05, 4.69) is 59.3 Å². The zero-order valence-corrected chi connectivity index (χ0v) is 17.4. The lowest BCUT2D eigenvalue weighted by Gasteiger charge is -2.13. The van der Waals surface area contributed by atoms with Gasteiger partial charge in [-0.15, -0.1) is 0 Å². The summed E-state index contributed by atoms with van der Waals surface area (Å²) in [5.74, 6) is 0.124. The zero-order valence-electron chi connectivity index (χ0n) is 16.6. The lowest BCUT2D eigenvalue weighted by Crippen LogP contribution is -2.16. The van der Waals surface area contributed by atoms with E-state index in [1.54, 1.807) is 6.07 Å². The summed E-state index contributed by atoms with van der Waals surface area (Å²) in [7, 11) is -3.31. The third kappa shape index (κ3) is 4.43. The number of fused-ring (bicyclic) bond motifs is 2. The first kappa shape index (κ1) is 19.5. The van der Waals surface area contributed by atoms with E-state index >= 15 is 0 Å². The molecule has 1 aliphatic carbocycles. The summed E-state index contributed by atoms with van der Waals surface area (Å²) in [6.07, 6.45) is 4.79. The minimum absolute atomic E-state index is 0.124. The number of rotatable bonds is 5. The lowest BCUT2D eigenvalue weighted by molar-refractivity contribution is 0.600. The smallest absolute Gasteiger partial charge is 0.232 e. The van der Waals surface area contributed by atoms with Crippen molar-refractivity contribution in [1.29, 1.82) is 0 Å². The van der Waals surface area contributed by atoms with Gasteiger partial charge in [0.05, 0.1) is 5.75 Å². The summed E-state index contributed by atoms with van der Waals surface area (Å²) in [5.41, 5.74) is 7.93. The first-order valence-electron chi connectivity index (χ1n) is 10.0. The van der Waals surface area contributed by atoms with Crippen molar-refractivity contribution in [3.8, 4) is 0 Å². The summed E-state index contributed by atoms with van der Waals surface area (Å²) in [6.45, 7) is 1.86. The van der Waals surface area contributed by atoms with E-state index in [0.717, 1.165) is 18.4 Å². The van der Waals surface area contributed by atoms with Crippen molar-refractivity contribution in [3.05, 3.63) is 101 Å². The molecule has 29 heavy (non-hydrogen) atoms. The molecule has 0 bridgehead atoms. The predicted molar refractivity (Wildman–Crippen MR) is 121 cm³/mol. The van der Waals surface area contributed by atoms with Crippen LogP contribution in [0, 0.1) is 0 Å². The normalized spacial score (nSPS) is 13.2. The lowest BCUT2D eigenvalue weighted by atomic mass is 9.92. The van der Waals surface area contributed by atoms with Crippen molar-refractivity contribution >= 4 is 27.4 Å². The number of hydrogen-bond donors (Lipinski definition) is 1. The molecule has 0 aliphatic heterocycles. The molecular formula is C25H25NO2S. The highest BCUT2D eigenvalue weighted by Gasteiger charge is 2.17. The van der Waals surface area contributed by atoms with Gasteiger partial charge in [-0.25, -0.2) is 8.42 Å². The van der Waals surface area contributed by atoms with Gasteiger partial charge in [-0.05, 0) is 70.9 Å². The van der Waals surface area contributed by atoms with Crippen LogP contribution < -0.4 is 4.72 Å². The van der Waals surface area contributed by atoms with Crippen LogP contribution in [0.15, 0.2) is 72.8 Å². The van der Waals surface area contributed by atoms with Gasteiger partial charge in [0.25, 0.3) is 0 Å². The molecule has 1 aliphatic rings. The summed E-state index contributed by atoms with van der Waals surface area (Å²) < 4.78 is 27.0. The standard InChI is InChI=1S/C25H25NO2S/c1-2-16-29(27,28)26-22-11-7-8-19(17-22)18-25-23-12-5-3-9-20(23)14-15-21-10-4-6-13-24(21)25/h3-13,17-18,26H,2,14-16H2,1H3. The third-order valence-corrected chi connectivity index (χ3v) is 6.71. The van der Waals surface area contributed by atoms with Crippen LogP contribution in [0.25, 0.3) is 11.6 Å². The largest absolute Gasteiger partial charge is 0.284 e. The van der Waals surface area contributed by atoms with Crippen molar-refractivity contribution in [2.75, 3.05) is 10.5 Å². The topological polar surface area (TPSA) is 46.2 Å². The summed E-state index contributed by atoms with van der Waals surface area (Å²) in [6, 6.07) is 24.7. The van der Waals surface area contributed by atoms with Crippen LogP contribution in [0.2, 0.25) is 0 Å². The Labute approximate surface area is 173 Å². The average Bonchev–Trinajstić information content (AvgIpc) is 2.86. The van der Waals surface area contributed by atoms with Crippen LogP contribution in [0.4, 0.5) is 5.69 Å². The van der Waals surface area contributed by atoms with Crippen molar-refractivity contribution in [2.24, 2.45) is 0 Å². The van der Waals surface area contributed by atoms with Crippen LogP contribution in [0.5, 0.6) is 0 Å². The van der Waals surface area contributed by atoms with Gasteiger partial charge < -0.3 is 0 Å². The number of sulfonamides is 1. The minimum atomic E-state index is -3.31. The Morgan fingerprint density at radius 2 is 1.48 bits per heavy atom. The number of hydrogen-bond acceptors (Lipinski definition) is 2. The molecule has 0 atom stereocenters. The van der Waals surface area contributed by atoms with Gasteiger partial charge in [0, 0.05) is 5.69 Å². The van der Waals surface area contributed by atoms with Gasteiger partial charge >= 0.3 is 0 Å². The van der Waals surface area contributed by atoms with E-state index in [0.29, 0.717) is 12.1 Å². The van der Waals surface area contributed by atoms with Crippen molar-refractivity contribution < 1.29 is 8.42 Å². The van der Waals surface area contributed by atoms with E-state index < -0.39 is 10.0 Å². The van der Waals surface area contributed by atoms with E-state index in [1.165, 1.54) is 27.8 Å². The van der Waals surface area contributed by atoms with E-state index in [9.17, 15) is 8.42 Å². The Kier molecular flexibility index (Phi) is 5.54. The average molecular weight is 404 g/mol. The van der Waals surface area contributed by atoms with Gasteiger partial charge in [-0.3, -0.25) is 4.72 Å². The Morgan fingerprint density at radius 3 is 2.10 bits per heavy atom. The highest BCUT2D eigenvalue weighted by molar-refractivity contribution is 7.92. The molecule has 3 aromatic carbocycles. The molecule has 4 rings (SSSR count). The molecule has 4 heteroatoms. The molecule has 0 saturated heterocycles. The van der Waals surface area contributed by atoms with Gasteiger partial charge in [0.2, 0.25) is 10.0 Å². The molecular weight excluding hydrogens is 378 g/mol. The van der Waals surface area contributed by atoms with Crippen molar-refractivity contribution in [1.82, 2.24) is 0 Å². The number of benzene rings is 3. The van der Waals surface area contributed by atoms with Crippen molar-refractivity contribution in [2.45, 2.75) is 26.2 Å². The first-order chi connectivity index (χ1) is 14.1. The van der Waals surface area contributed by atoms with E-state index in [1.807, 2.05) is 25.1 Å². The van der Waals surface area contributed by atoms with Crippen LogP contribution in [-0.2, 0) is 22.9 Å². The molecule has 0 amide bonds. The van der Waals surface area contributed by atoms with Crippen molar-refractivity contribution in [3.63, 3.8) is 0 Å². The second-order valence-electron chi connectivity index (χ2n) is 7.42. The Bertz CT molecular complexity index is 1110. The fourth-order valence-corrected chi connectivity index (χ4v) is 5.06. The number of aryl methyl sites for hydroxylation is 2. The number of nitrogens with one attached hydrogen (secondary N) is 1. The summed E-state index contributed by atoms with van der Waals surface area (Å²) >= 11 is 0. The van der Waals surface area contributed by atoms with Crippen LogP contribution in [0.3, 0.4) is 0 Å². The molecule has 1 N–H and O–H groups in total. The molecule has 3 nitrogen and oxygen atoms in total. The van der Waals surface area contributed by atoms with Gasteiger partial charge in [-0.2, -0.15) is 0 Å². The zero-order chi connectivity index (χ0) is 20.3. The fraction of sp³-hybridized carbons (Fsp3) is 0.200. The molecule has 0 saturated carbocycles. The molecule has 0 fully saturated rings. The summed E-state index contributed by atoms with van der Waals surface area (Å²) in [4.78, 5) is 0. The molecule has 0 radical (unpaired) electrons. The van der Waals surface area contributed by atoms with Crippen LogP contribution >= 0.6 is 0 Å². The molecule has 0 unspecified atom stereocenters. The highest BCUT2D eigenvalue weighted by atomic mass is 32.2. The Morgan fingerprint density at radius 1 is 0.862 bits per heavy atom. The third-order valence-electron chi connectivity index (χ3n) is 5.22. The van der Waals surface area contributed by atoms with Crippen LogP contribution in [-0.4, -0.2) is 14.2 Å². The molecule has 148 valence electrons.